The van der Waals surface area contributed by atoms with Crippen molar-refractivity contribution in [2.24, 2.45) is 0 Å². The lowest BCUT2D eigenvalue weighted by Crippen LogP contribution is -2.00. The lowest BCUT2D eigenvalue weighted by atomic mass is 10.1. The maximum atomic E-state index is 11.1. The SMILES string of the molecule is COC(=O)c1ccc(C=CCBr)cc1. The molecule has 0 saturated carbocycles. The molecule has 0 amide bonds. The molecular weight excluding hydrogens is 244 g/mol. The van der Waals surface area contributed by atoms with Crippen LogP contribution in [-0.4, -0.2) is 18.4 Å². The van der Waals surface area contributed by atoms with Crippen LogP contribution in [0.1, 0.15) is 15.9 Å². The largest absolute Gasteiger partial charge is 0.465 e. The van der Waals surface area contributed by atoms with Crippen LogP contribution in [0.25, 0.3) is 6.08 Å². The molecule has 2 nitrogen and oxygen atoms in total. The Kier molecular flexibility index (Phi) is 4.40. The summed E-state index contributed by atoms with van der Waals surface area (Å²) < 4.78 is 4.59. The highest BCUT2D eigenvalue weighted by molar-refractivity contribution is 9.09. The van der Waals surface area contributed by atoms with Gasteiger partial charge in [0.05, 0.1) is 12.7 Å². The number of carbonyl (C=O) groups excluding carboxylic acids is 1. The van der Waals surface area contributed by atoms with Gasteiger partial charge in [-0.1, -0.05) is 40.2 Å². The van der Waals surface area contributed by atoms with Crippen molar-refractivity contribution < 1.29 is 9.53 Å². The third-order valence-electron chi connectivity index (χ3n) is 1.73. The first-order valence-corrected chi connectivity index (χ1v) is 5.31. The average Bonchev–Trinajstić information content (AvgIpc) is 2.26. The van der Waals surface area contributed by atoms with Crippen molar-refractivity contribution in [2.45, 2.75) is 0 Å². The molecule has 0 aliphatic rings. The summed E-state index contributed by atoms with van der Waals surface area (Å²) in [6.07, 6.45) is 3.98. The van der Waals surface area contributed by atoms with Gasteiger partial charge in [-0.05, 0) is 17.7 Å². The Hall–Kier alpha value is -1.09. The second-order valence-corrected chi connectivity index (χ2v) is 3.32. The number of hydrogen-bond acceptors (Lipinski definition) is 2. The Bertz CT molecular complexity index is 328. The minimum absolute atomic E-state index is 0.305. The molecule has 0 aromatic heterocycles. The predicted molar refractivity (Wildman–Crippen MR) is 60.6 cm³/mol. The number of alkyl halides is 1. The lowest BCUT2D eigenvalue weighted by Gasteiger charge is -1.98. The van der Waals surface area contributed by atoms with E-state index in [2.05, 4.69) is 20.7 Å². The third-order valence-corrected chi connectivity index (χ3v) is 2.10. The molecule has 14 heavy (non-hydrogen) atoms. The van der Waals surface area contributed by atoms with Crippen LogP contribution in [-0.2, 0) is 4.74 Å². The van der Waals surface area contributed by atoms with E-state index in [1.165, 1.54) is 7.11 Å². The minimum Gasteiger partial charge on any atom is -0.465 e. The van der Waals surface area contributed by atoms with E-state index < -0.39 is 0 Å². The molecule has 0 spiro atoms. The van der Waals surface area contributed by atoms with Gasteiger partial charge in [-0.25, -0.2) is 4.79 Å². The molecule has 0 N–H and O–H groups in total. The summed E-state index contributed by atoms with van der Waals surface area (Å²) >= 11 is 3.29. The van der Waals surface area contributed by atoms with E-state index in [-0.39, 0.29) is 5.97 Å². The fourth-order valence-electron chi connectivity index (χ4n) is 1.03. The summed E-state index contributed by atoms with van der Waals surface area (Å²) in [5.41, 5.74) is 1.64. The second kappa shape index (κ2) is 5.60. The molecule has 0 bridgehead atoms. The number of benzene rings is 1. The Labute approximate surface area is 91.7 Å². The number of allylic oxidation sites excluding steroid dienone is 1. The molecule has 0 radical (unpaired) electrons. The van der Waals surface area contributed by atoms with E-state index in [9.17, 15) is 4.79 Å². The van der Waals surface area contributed by atoms with Crippen molar-refractivity contribution in [2.75, 3.05) is 12.4 Å². The molecular formula is C11H11BrO2. The van der Waals surface area contributed by atoms with Crippen LogP contribution in [0.4, 0.5) is 0 Å². The lowest BCUT2D eigenvalue weighted by molar-refractivity contribution is 0.0601. The number of carbonyl (C=O) groups is 1. The second-order valence-electron chi connectivity index (χ2n) is 2.67. The highest BCUT2D eigenvalue weighted by atomic mass is 79.9. The van der Waals surface area contributed by atoms with E-state index in [1.54, 1.807) is 12.1 Å². The number of rotatable bonds is 3. The van der Waals surface area contributed by atoms with Crippen LogP contribution in [0.3, 0.4) is 0 Å². The maximum absolute atomic E-state index is 11.1. The van der Waals surface area contributed by atoms with Gasteiger partial charge in [0.2, 0.25) is 0 Å². The van der Waals surface area contributed by atoms with Crippen LogP contribution < -0.4 is 0 Å². The predicted octanol–water partition coefficient (Wildman–Crippen LogP) is 2.88. The van der Waals surface area contributed by atoms with Gasteiger partial charge in [0.1, 0.15) is 0 Å². The molecule has 1 aromatic carbocycles. The molecule has 0 fully saturated rings. The van der Waals surface area contributed by atoms with Gasteiger partial charge < -0.3 is 4.74 Å². The quantitative estimate of drug-likeness (QED) is 0.613. The zero-order chi connectivity index (χ0) is 10.4. The van der Waals surface area contributed by atoms with Gasteiger partial charge in [0, 0.05) is 5.33 Å². The molecule has 1 aromatic rings. The fraction of sp³-hybridized carbons (Fsp3) is 0.182. The van der Waals surface area contributed by atoms with Gasteiger partial charge in [-0.2, -0.15) is 0 Å². The van der Waals surface area contributed by atoms with Gasteiger partial charge in [0.25, 0.3) is 0 Å². The van der Waals surface area contributed by atoms with E-state index >= 15 is 0 Å². The Morgan fingerprint density at radius 2 is 2.07 bits per heavy atom. The molecule has 0 aliphatic heterocycles. The molecule has 1 rings (SSSR count). The highest BCUT2D eigenvalue weighted by Gasteiger charge is 2.02. The van der Waals surface area contributed by atoms with Crippen LogP contribution in [0, 0.1) is 0 Å². The van der Waals surface area contributed by atoms with Crippen molar-refractivity contribution in [3.05, 3.63) is 41.5 Å². The summed E-state index contributed by atoms with van der Waals surface area (Å²) in [5.74, 6) is -0.305. The number of halogens is 1. The van der Waals surface area contributed by atoms with E-state index in [0.717, 1.165) is 10.9 Å². The van der Waals surface area contributed by atoms with Gasteiger partial charge in [-0.3, -0.25) is 0 Å². The van der Waals surface area contributed by atoms with Crippen molar-refractivity contribution in [3.8, 4) is 0 Å². The number of methoxy groups -OCH3 is 1. The molecule has 0 heterocycles. The zero-order valence-corrected chi connectivity index (χ0v) is 9.45. The van der Waals surface area contributed by atoms with E-state index in [0.29, 0.717) is 5.56 Å². The molecule has 0 atom stereocenters. The first-order chi connectivity index (χ1) is 6.77. The summed E-state index contributed by atoms with van der Waals surface area (Å²) in [7, 11) is 1.38. The number of ether oxygens (including phenoxy) is 1. The monoisotopic (exact) mass is 254 g/mol. The van der Waals surface area contributed by atoms with Crippen LogP contribution in [0.15, 0.2) is 30.3 Å². The number of esters is 1. The molecule has 3 heteroatoms. The zero-order valence-electron chi connectivity index (χ0n) is 7.87. The molecule has 74 valence electrons. The summed E-state index contributed by atoms with van der Waals surface area (Å²) in [4.78, 5) is 11.1. The fourth-order valence-corrected chi connectivity index (χ4v) is 1.22. The minimum atomic E-state index is -0.305. The normalized spacial score (nSPS) is 10.4. The molecule has 0 aliphatic carbocycles. The first-order valence-electron chi connectivity index (χ1n) is 4.19. The van der Waals surface area contributed by atoms with Crippen LogP contribution >= 0.6 is 15.9 Å². The van der Waals surface area contributed by atoms with Crippen molar-refractivity contribution >= 4 is 28.0 Å². The Balaban J connectivity index is 2.78. The maximum Gasteiger partial charge on any atom is 0.337 e. The standard InChI is InChI=1S/C11H11BrO2/c1-14-11(13)10-6-4-9(5-7-10)3-2-8-12/h2-7H,8H2,1H3. The Morgan fingerprint density at radius 3 is 2.57 bits per heavy atom. The summed E-state index contributed by atoms with van der Waals surface area (Å²) in [6, 6.07) is 7.26. The number of hydrogen-bond donors (Lipinski definition) is 0. The van der Waals surface area contributed by atoms with Crippen LogP contribution in [0.5, 0.6) is 0 Å². The topological polar surface area (TPSA) is 26.3 Å². The van der Waals surface area contributed by atoms with Crippen LogP contribution in [0.2, 0.25) is 0 Å². The Morgan fingerprint density at radius 1 is 1.43 bits per heavy atom. The molecule has 0 unspecified atom stereocenters. The van der Waals surface area contributed by atoms with Gasteiger partial charge in [0.15, 0.2) is 0 Å². The van der Waals surface area contributed by atoms with E-state index in [1.807, 2.05) is 24.3 Å². The summed E-state index contributed by atoms with van der Waals surface area (Å²) in [6.45, 7) is 0. The van der Waals surface area contributed by atoms with Crippen molar-refractivity contribution in [1.82, 2.24) is 0 Å². The molecule has 0 saturated heterocycles. The third kappa shape index (κ3) is 3.00. The van der Waals surface area contributed by atoms with Gasteiger partial charge >= 0.3 is 5.97 Å². The average molecular weight is 255 g/mol. The first kappa shape index (κ1) is 11.0. The highest BCUT2D eigenvalue weighted by Crippen LogP contribution is 2.07. The smallest absolute Gasteiger partial charge is 0.337 e. The summed E-state index contributed by atoms with van der Waals surface area (Å²) in [5, 5.41) is 0.825. The van der Waals surface area contributed by atoms with Crippen molar-refractivity contribution in [1.29, 1.82) is 0 Å². The van der Waals surface area contributed by atoms with Gasteiger partial charge in [-0.15, -0.1) is 0 Å². The van der Waals surface area contributed by atoms with E-state index in [4.69, 9.17) is 0 Å². The van der Waals surface area contributed by atoms with Crippen molar-refractivity contribution in [3.63, 3.8) is 0 Å².